The van der Waals surface area contributed by atoms with Crippen LogP contribution in [-0.2, 0) is 0 Å². The van der Waals surface area contributed by atoms with Crippen LogP contribution in [0.25, 0.3) is 0 Å². The minimum absolute atomic E-state index is 0.00992. The summed E-state index contributed by atoms with van der Waals surface area (Å²) in [4.78, 5) is 14.7. The predicted octanol–water partition coefficient (Wildman–Crippen LogP) is 4.15. The van der Waals surface area contributed by atoms with Crippen molar-refractivity contribution < 1.29 is 4.79 Å². The van der Waals surface area contributed by atoms with E-state index in [-0.39, 0.29) is 12.1 Å². The minimum Gasteiger partial charge on any atom is -0.336 e. The number of hydrogen-bond donors (Lipinski definition) is 2. The summed E-state index contributed by atoms with van der Waals surface area (Å²) in [5, 5.41) is 10.6. The van der Waals surface area contributed by atoms with Crippen molar-refractivity contribution in [3.05, 3.63) is 22.4 Å². The van der Waals surface area contributed by atoms with Crippen LogP contribution >= 0.6 is 11.3 Å². The summed E-state index contributed by atoms with van der Waals surface area (Å²) in [6.07, 6.45) is 7.34. The Kier molecular flexibility index (Phi) is 7.89. The van der Waals surface area contributed by atoms with E-state index in [0.29, 0.717) is 12.6 Å². The average molecular weight is 338 g/mol. The molecule has 1 unspecified atom stereocenters. The summed E-state index contributed by atoms with van der Waals surface area (Å²) in [5.74, 6) is 0. The number of nitrogens with zero attached hydrogens (tertiary/aromatic N) is 1. The fourth-order valence-electron chi connectivity index (χ4n) is 3.44. The van der Waals surface area contributed by atoms with Gasteiger partial charge in [-0.25, -0.2) is 4.79 Å². The molecule has 1 aliphatic rings. The summed E-state index contributed by atoms with van der Waals surface area (Å²) in [6.45, 7) is 6.99. The summed E-state index contributed by atoms with van der Waals surface area (Å²) >= 11 is 1.72. The molecular formula is C18H31N3OS. The Bertz CT molecular complexity index is 437. The van der Waals surface area contributed by atoms with Crippen LogP contribution in [0.5, 0.6) is 0 Å². The maximum atomic E-state index is 12.3. The fourth-order valence-corrected chi connectivity index (χ4v) is 4.14. The van der Waals surface area contributed by atoms with Crippen molar-refractivity contribution in [3.8, 4) is 0 Å². The van der Waals surface area contributed by atoms with Crippen LogP contribution in [0.4, 0.5) is 4.79 Å². The number of urea groups is 1. The third kappa shape index (κ3) is 5.81. The van der Waals surface area contributed by atoms with E-state index in [0.717, 1.165) is 25.9 Å². The summed E-state index contributed by atoms with van der Waals surface area (Å²) in [6, 6.07) is 2.77. The fraction of sp³-hybridized carbons (Fsp3) is 0.722. The zero-order chi connectivity index (χ0) is 16.5. The first-order valence-corrected chi connectivity index (χ1v) is 9.99. The first-order chi connectivity index (χ1) is 11.2. The second-order valence-electron chi connectivity index (χ2n) is 6.34. The van der Waals surface area contributed by atoms with Gasteiger partial charge in [-0.1, -0.05) is 39.5 Å². The molecule has 0 bridgehead atoms. The first kappa shape index (κ1) is 18.3. The van der Waals surface area contributed by atoms with Gasteiger partial charge in [-0.15, -0.1) is 0 Å². The number of hydrogen-bond acceptors (Lipinski definition) is 3. The second kappa shape index (κ2) is 9.93. The Balaban J connectivity index is 1.86. The number of amides is 2. The lowest BCUT2D eigenvalue weighted by Gasteiger charge is -2.29. The van der Waals surface area contributed by atoms with Gasteiger partial charge in [0.05, 0.1) is 6.04 Å². The van der Waals surface area contributed by atoms with Gasteiger partial charge in [-0.05, 0) is 48.3 Å². The molecule has 0 spiro atoms. The molecule has 1 heterocycles. The molecule has 2 rings (SSSR count). The smallest absolute Gasteiger partial charge is 0.315 e. The van der Waals surface area contributed by atoms with Gasteiger partial charge < -0.3 is 10.6 Å². The van der Waals surface area contributed by atoms with Crippen molar-refractivity contribution in [2.45, 2.75) is 64.5 Å². The number of likely N-dealkylation sites (N-methyl/N-ethyl adjacent to an activating group) is 1. The van der Waals surface area contributed by atoms with Gasteiger partial charge >= 0.3 is 6.03 Å². The van der Waals surface area contributed by atoms with Crippen LogP contribution in [0.15, 0.2) is 16.8 Å². The lowest BCUT2D eigenvalue weighted by molar-refractivity contribution is 0.204. The quantitative estimate of drug-likeness (QED) is 0.734. The largest absolute Gasteiger partial charge is 0.336 e. The van der Waals surface area contributed by atoms with Crippen LogP contribution in [-0.4, -0.2) is 36.6 Å². The molecule has 4 nitrogen and oxygen atoms in total. The Morgan fingerprint density at radius 2 is 1.96 bits per heavy atom. The second-order valence-corrected chi connectivity index (χ2v) is 7.12. The van der Waals surface area contributed by atoms with Crippen molar-refractivity contribution in [3.63, 3.8) is 0 Å². The van der Waals surface area contributed by atoms with Gasteiger partial charge in [0.1, 0.15) is 0 Å². The highest BCUT2D eigenvalue weighted by molar-refractivity contribution is 7.07. The molecule has 130 valence electrons. The van der Waals surface area contributed by atoms with Gasteiger partial charge in [0.25, 0.3) is 0 Å². The van der Waals surface area contributed by atoms with E-state index in [9.17, 15) is 4.79 Å². The zero-order valence-corrected chi connectivity index (χ0v) is 15.3. The monoisotopic (exact) mass is 337 g/mol. The average Bonchev–Trinajstić information content (AvgIpc) is 2.96. The number of carbonyl (C=O) groups excluding carboxylic acids is 1. The van der Waals surface area contributed by atoms with Crippen LogP contribution < -0.4 is 10.6 Å². The van der Waals surface area contributed by atoms with E-state index >= 15 is 0 Å². The topological polar surface area (TPSA) is 44.4 Å². The molecule has 0 radical (unpaired) electrons. The molecule has 1 aliphatic carbocycles. The third-order valence-electron chi connectivity index (χ3n) is 4.83. The maximum Gasteiger partial charge on any atom is 0.315 e. The Labute approximate surface area is 144 Å². The van der Waals surface area contributed by atoms with Crippen LogP contribution in [0.2, 0.25) is 0 Å². The van der Waals surface area contributed by atoms with Crippen LogP contribution in [0, 0.1) is 0 Å². The molecule has 0 saturated heterocycles. The highest BCUT2D eigenvalue weighted by Gasteiger charge is 2.20. The van der Waals surface area contributed by atoms with Gasteiger partial charge in [0.2, 0.25) is 0 Å². The molecule has 0 aliphatic heterocycles. The molecule has 1 atom stereocenters. The molecule has 0 aromatic carbocycles. The number of carbonyl (C=O) groups is 1. The predicted molar refractivity (Wildman–Crippen MR) is 98.0 cm³/mol. The number of rotatable bonds is 7. The van der Waals surface area contributed by atoms with Gasteiger partial charge in [-0.3, -0.25) is 4.90 Å². The zero-order valence-electron chi connectivity index (χ0n) is 14.5. The van der Waals surface area contributed by atoms with Crippen molar-refractivity contribution in [2.24, 2.45) is 0 Å². The highest BCUT2D eigenvalue weighted by atomic mass is 32.1. The summed E-state index contributed by atoms with van der Waals surface area (Å²) < 4.78 is 0. The Hall–Kier alpha value is -1.07. The SMILES string of the molecule is CCN(CC)C(CNC(=O)NC1CCCCCC1)c1ccsc1. The molecular weight excluding hydrogens is 306 g/mol. The maximum absolute atomic E-state index is 12.3. The van der Waals surface area contributed by atoms with E-state index in [1.165, 1.54) is 31.2 Å². The molecule has 5 heteroatoms. The van der Waals surface area contributed by atoms with Crippen LogP contribution in [0.1, 0.15) is 64.0 Å². The third-order valence-corrected chi connectivity index (χ3v) is 5.53. The number of nitrogens with one attached hydrogen (secondary N) is 2. The standard InChI is InChI=1S/C18H31N3OS/c1-3-21(4-2)17(15-11-12-23-14-15)13-19-18(22)20-16-9-7-5-6-8-10-16/h11-12,14,16-17H,3-10,13H2,1-2H3,(H2,19,20,22). The highest BCUT2D eigenvalue weighted by Crippen LogP contribution is 2.22. The van der Waals surface area contributed by atoms with E-state index in [2.05, 4.69) is 46.2 Å². The normalized spacial score (nSPS) is 17.7. The Morgan fingerprint density at radius 3 is 2.52 bits per heavy atom. The molecule has 2 N–H and O–H groups in total. The Morgan fingerprint density at radius 1 is 1.26 bits per heavy atom. The van der Waals surface area contributed by atoms with Crippen LogP contribution in [0.3, 0.4) is 0 Å². The lowest BCUT2D eigenvalue weighted by atomic mass is 10.1. The van der Waals surface area contributed by atoms with Gasteiger partial charge in [0, 0.05) is 12.6 Å². The van der Waals surface area contributed by atoms with Crippen molar-refractivity contribution >= 4 is 17.4 Å². The number of thiophene rings is 1. The minimum atomic E-state index is -0.00992. The molecule has 1 fully saturated rings. The van der Waals surface area contributed by atoms with E-state index < -0.39 is 0 Å². The van der Waals surface area contributed by atoms with Gasteiger partial charge in [-0.2, -0.15) is 11.3 Å². The summed E-state index contributed by atoms with van der Waals surface area (Å²) in [5.41, 5.74) is 1.30. The summed E-state index contributed by atoms with van der Waals surface area (Å²) in [7, 11) is 0. The molecule has 2 amide bonds. The van der Waals surface area contributed by atoms with Crippen molar-refractivity contribution in [1.82, 2.24) is 15.5 Å². The van der Waals surface area contributed by atoms with E-state index in [1.54, 1.807) is 11.3 Å². The van der Waals surface area contributed by atoms with Crippen molar-refractivity contribution in [2.75, 3.05) is 19.6 Å². The molecule has 1 saturated carbocycles. The molecule has 1 aromatic heterocycles. The first-order valence-electron chi connectivity index (χ1n) is 9.05. The van der Waals surface area contributed by atoms with E-state index in [4.69, 9.17) is 0 Å². The molecule has 23 heavy (non-hydrogen) atoms. The van der Waals surface area contributed by atoms with E-state index in [1.807, 2.05) is 0 Å². The van der Waals surface area contributed by atoms with Crippen molar-refractivity contribution in [1.29, 1.82) is 0 Å². The molecule has 1 aromatic rings. The lowest BCUT2D eigenvalue weighted by Crippen LogP contribution is -2.45. The van der Waals surface area contributed by atoms with Gasteiger partial charge in [0.15, 0.2) is 0 Å².